The first kappa shape index (κ1) is 21.1. The molecule has 0 saturated carbocycles. The van der Waals surface area contributed by atoms with E-state index < -0.39 is 10.0 Å². The van der Waals surface area contributed by atoms with E-state index in [9.17, 15) is 13.7 Å². The number of nitrogens with zero attached hydrogens (tertiary/aromatic N) is 2. The molecule has 3 rings (SSSR count). The Labute approximate surface area is 175 Å². The van der Waals surface area contributed by atoms with Gasteiger partial charge < -0.3 is 5.32 Å². The van der Waals surface area contributed by atoms with E-state index in [4.69, 9.17) is 11.6 Å². The molecule has 0 spiro atoms. The summed E-state index contributed by atoms with van der Waals surface area (Å²) >= 11 is 5.79. The number of nitrogens with one attached hydrogen (secondary N) is 2. The molecule has 8 heteroatoms. The first-order valence-electron chi connectivity index (χ1n) is 9.12. The molecule has 0 saturated heterocycles. The van der Waals surface area contributed by atoms with E-state index in [-0.39, 0.29) is 11.4 Å². The van der Waals surface area contributed by atoms with Crippen molar-refractivity contribution in [3.05, 3.63) is 64.2 Å². The molecular weight excluding hydrogens is 408 g/mol. The third-order valence-corrected chi connectivity index (χ3v) is 6.42. The smallest absolute Gasteiger partial charge is 0.240 e. The highest BCUT2D eigenvalue weighted by atomic mass is 35.5. The molecule has 2 N–H and O–H groups in total. The zero-order valence-electron chi connectivity index (χ0n) is 16.2. The van der Waals surface area contributed by atoms with Crippen molar-refractivity contribution in [3.63, 3.8) is 0 Å². The molecule has 0 atom stereocenters. The Morgan fingerprint density at radius 3 is 2.52 bits per heavy atom. The number of rotatable bonds is 7. The van der Waals surface area contributed by atoms with Crippen LogP contribution in [0.5, 0.6) is 0 Å². The summed E-state index contributed by atoms with van der Waals surface area (Å²) in [5.41, 5.74) is 3.53. The minimum Gasteiger partial charge on any atom is -0.369 e. The minimum absolute atomic E-state index is 0.170. The summed E-state index contributed by atoms with van der Waals surface area (Å²) in [6, 6.07) is 14.0. The summed E-state index contributed by atoms with van der Waals surface area (Å²) < 4.78 is 27.1. The van der Waals surface area contributed by atoms with E-state index in [2.05, 4.69) is 21.1 Å². The molecule has 3 aromatic rings. The van der Waals surface area contributed by atoms with Crippen LogP contribution in [0.1, 0.15) is 23.1 Å². The van der Waals surface area contributed by atoms with E-state index in [0.29, 0.717) is 29.4 Å². The van der Waals surface area contributed by atoms with Crippen molar-refractivity contribution in [2.45, 2.75) is 25.2 Å². The Bertz CT molecular complexity index is 1190. The second kappa shape index (κ2) is 8.78. The van der Waals surface area contributed by atoms with Crippen LogP contribution in [-0.2, 0) is 10.0 Å². The number of sulfonamides is 1. The summed E-state index contributed by atoms with van der Waals surface area (Å²) in [7, 11) is -3.58. The predicted molar refractivity (Wildman–Crippen MR) is 116 cm³/mol. The molecule has 0 unspecified atom stereocenters. The van der Waals surface area contributed by atoms with Crippen LogP contribution in [0.4, 0.5) is 5.82 Å². The van der Waals surface area contributed by atoms with Crippen molar-refractivity contribution < 1.29 is 8.42 Å². The number of aryl methyl sites for hydroxylation is 2. The molecule has 0 aliphatic carbocycles. The number of halogens is 1. The maximum atomic E-state index is 12.3. The van der Waals surface area contributed by atoms with Gasteiger partial charge in [-0.25, -0.2) is 18.1 Å². The predicted octanol–water partition coefficient (Wildman–Crippen LogP) is 4.16. The number of fused-ring (bicyclic) bond motifs is 1. The average molecular weight is 429 g/mol. The lowest BCUT2D eigenvalue weighted by atomic mass is 10.0. The number of benzene rings is 2. The average Bonchev–Trinajstić information content (AvgIpc) is 2.70. The summed E-state index contributed by atoms with van der Waals surface area (Å²) in [6.07, 6.45) is 0.532. The van der Waals surface area contributed by atoms with Gasteiger partial charge in [0, 0.05) is 23.5 Å². The SMILES string of the molecule is Cc1ccc2cc(C#N)c(NCCCNS(=O)(=O)c3ccc(Cl)cc3)nc2c1C. The molecule has 0 fully saturated rings. The van der Waals surface area contributed by atoms with Gasteiger partial charge in [0.25, 0.3) is 0 Å². The van der Waals surface area contributed by atoms with Crippen molar-refractivity contribution in [1.29, 1.82) is 5.26 Å². The normalized spacial score (nSPS) is 11.4. The van der Waals surface area contributed by atoms with Crippen LogP contribution in [0.25, 0.3) is 10.9 Å². The molecule has 0 bridgehead atoms. The molecule has 29 heavy (non-hydrogen) atoms. The van der Waals surface area contributed by atoms with E-state index in [1.54, 1.807) is 0 Å². The van der Waals surface area contributed by atoms with Crippen LogP contribution < -0.4 is 10.0 Å². The van der Waals surface area contributed by atoms with Crippen LogP contribution in [0.2, 0.25) is 5.02 Å². The molecular formula is C21H21ClN4O2S. The fraction of sp³-hybridized carbons (Fsp3) is 0.238. The van der Waals surface area contributed by atoms with Gasteiger partial charge in [-0.05, 0) is 61.7 Å². The number of anilines is 1. The maximum Gasteiger partial charge on any atom is 0.240 e. The summed E-state index contributed by atoms with van der Waals surface area (Å²) in [6.45, 7) is 4.76. The molecule has 6 nitrogen and oxygen atoms in total. The van der Waals surface area contributed by atoms with E-state index >= 15 is 0 Å². The van der Waals surface area contributed by atoms with Gasteiger partial charge in [-0.2, -0.15) is 5.26 Å². The van der Waals surface area contributed by atoms with Gasteiger partial charge >= 0.3 is 0 Å². The lowest BCUT2D eigenvalue weighted by Crippen LogP contribution is -2.26. The van der Waals surface area contributed by atoms with Crippen molar-refractivity contribution in [1.82, 2.24) is 9.71 Å². The van der Waals surface area contributed by atoms with E-state index in [0.717, 1.165) is 22.0 Å². The van der Waals surface area contributed by atoms with Gasteiger partial charge in [-0.1, -0.05) is 23.7 Å². The highest BCUT2D eigenvalue weighted by Crippen LogP contribution is 2.24. The topological polar surface area (TPSA) is 94.9 Å². The summed E-state index contributed by atoms with van der Waals surface area (Å²) in [5, 5.41) is 14.0. The van der Waals surface area contributed by atoms with Gasteiger partial charge in [0.2, 0.25) is 10.0 Å². The number of aromatic nitrogens is 1. The lowest BCUT2D eigenvalue weighted by molar-refractivity contribution is 0.580. The Balaban J connectivity index is 1.63. The Hall–Kier alpha value is -2.66. The quantitative estimate of drug-likeness (QED) is 0.551. The standard InChI is InChI=1S/C21H21ClN4O2S/c1-14-4-5-16-12-17(13-23)21(26-20(16)15(14)2)24-10-3-11-25-29(27,28)19-8-6-18(22)7-9-19/h4-9,12,25H,3,10-11H2,1-2H3,(H,24,26). The third kappa shape index (κ3) is 4.85. The van der Waals surface area contributed by atoms with Crippen molar-refractivity contribution in [2.24, 2.45) is 0 Å². The Morgan fingerprint density at radius 2 is 1.83 bits per heavy atom. The summed E-state index contributed by atoms with van der Waals surface area (Å²) in [5.74, 6) is 0.509. The van der Waals surface area contributed by atoms with Gasteiger partial charge in [0.15, 0.2) is 0 Å². The van der Waals surface area contributed by atoms with Crippen LogP contribution in [0.3, 0.4) is 0 Å². The third-order valence-electron chi connectivity index (χ3n) is 4.69. The highest BCUT2D eigenvalue weighted by molar-refractivity contribution is 7.89. The van der Waals surface area contributed by atoms with Gasteiger partial charge in [0.05, 0.1) is 16.0 Å². The van der Waals surface area contributed by atoms with Crippen molar-refractivity contribution >= 4 is 38.3 Å². The molecule has 1 aromatic heterocycles. The van der Waals surface area contributed by atoms with Crippen molar-refractivity contribution in [3.8, 4) is 6.07 Å². The molecule has 0 aliphatic rings. The highest BCUT2D eigenvalue weighted by Gasteiger charge is 2.13. The van der Waals surface area contributed by atoms with E-state index in [1.165, 1.54) is 24.3 Å². The fourth-order valence-corrected chi connectivity index (χ4v) is 4.10. The minimum atomic E-state index is -3.58. The first-order valence-corrected chi connectivity index (χ1v) is 11.0. The first-order chi connectivity index (χ1) is 13.8. The van der Waals surface area contributed by atoms with Crippen LogP contribution in [0.15, 0.2) is 47.4 Å². The van der Waals surface area contributed by atoms with E-state index in [1.807, 2.05) is 32.0 Å². The largest absolute Gasteiger partial charge is 0.369 e. The van der Waals surface area contributed by atoms with Gasteiger partial charge in [-0.15, -0.1) is 0 Å². The Kier molecular flexibility index (Phi) is 6.38. The molecule has 0 aliphatic heterocycles. The van der Waals surface area contributed by atoms with Crippen molar-refractivity contribution in [2.75, 3.05) is 18.4 Å². The molecule has 0 radical (unpaired) electrons. The zero-order chi connectivity index (χ0) is 21.0. The fourth-order valence-electron chi connectivity index (χ4n) is 2.90. The molecule has 150 valence electrons. The second-order valence-electron chi connectivity index (χ2n) is 6.71. The summed E-state index contributed by atoms with van der Waals surface area (Å²) in [4.78, 5) is 4.79. The number of hydrogen-bond donors (Lipinski definition) is 2. The zero-order valence-corrected chi connectivity index (χ0v) is 17.7. The maximum absolute atomic E-state index is 12.3. The second-order valence-corrected chi connectivity index (χ2v) is 8.91. The molecule has 0 amide bonds. The van der Waals surface area contributed by atoms with Crippen LogP contribution in [-0.4, -0.2) is 26.5 Å². The Morgan fingerprint density at radius 1 is 1.10 bits per heavy atom. The molecule has 2 aromatic carbocycles. The number of pyridine rings is 1. The monoisotopic (exact) mass is 428 g/mol. The number of hydrogen-bond acceptors (Lipinski definition) is 5. The van der Waals surface area contributed by atoms with Gasteiger partial charge in [0.1, 0.15) is 11.9 Å². The molecule has 1 heterocycles. The number of nitriles is 1. The van der Waals surface area contributed by atoms with Gasteiger partial charge in [-0.3, -0.25) is 0 Å². The van der Waals surface area contributed by atoms with Crippen LogP contribution >= 0.6 is 11.6 Å². The van der Waals surface area contributed by atoms with Crippen LogP contribution in [0, 0.1) is 25.2 Å². The lowest BCUT2D eigenvalue weighted by Gasteiger charge is -2.12.